The summed E-state index contributed by atoms with van der Waals surface area (Å²) in [5.74, 6) is -34.7. The molecule has 0 bridgehead atoms. The monoisotopic (exact) mass is 568 g/mol. The van der Waals surface area contributed by atoms with Gasteiger partial charge in [0.15, 0.2) is 5.84 Å². The number of aliphatic imine (C=N–C) groups is 1. The van der Waals surface area contributed by atoms with Crippen molar-refractivity contribution in [1.29, 1.82) is 0 Å². The molecule has 1 aromatic carbocycles. The van der Waals surface area contributed by atoms with Crippen molar-refractivity contribution in [3.05, 3.63) is 41.9 Å². The molecule has 1 N–H and O–H groups in total. The zero-order chi connectivity index (χ0) is 28.9. The number of para-hydroxylation sites is 1. The molecule has 0 aliphatic heterocycles. The van der Waals surface area contributed by atoms with Crippen LogP contribution in [0.1, 0.15) is 5.56 Å². The predicted octanol–water partition coefficient (Wildman–Crippen LogP) is 7.64. The minimum absolute atomic E-state index is 0.0625. The van der Waals surface area contributed by atoms with Crippen molar-refractivity contribution in [1.82, 2.24) is 5.32 Å². The van der Waals surface area contributed by atoms with Gasteiger partial charge >= 0.3 is 42.2 Å². The van der Waals surface area contributed by atoms with Gasteiger partial charge < -0.3 is 5.32 Å². The SMILES string of the molecule is C=C(NC(=Nc1c(F)cccc1C(F)(F)F)C(F)(F)C(F)(F)C(F)(F)F)C(F)(F)C(F)(F)C(F)(F)F. The Balaban J connectivity index is 3.94. The van der Waals surface area contributed by atoms with Crippen molar-refractivity contribution >= 4 is 11.5 Å². The fourth-order valence-electron chi connectivity index (χ4n) is 2.06. The van der Waals surface area contributed by atoms with Gasteiger partial charge in [-0.25, -0.2) is 9.38 Å². The van der Waals surface area contributed by atoms with Gasteiger partial charge in [-0.3, -0.25) is 0 Å². The maximum atomic E-state index is 14.1. The lowest BCUT2D eigenvalue weighted by Gasteiger charge is -2.33. The lowest BCUT2D eigenvalue weighted by atomic mass is 10.1. The van der Waals surface area contributed by atoms with E-state index in [-0.39, 0.29) is 23.5 Å². The van der Waals surface area contributed by atoms with Crippen LogP contribution in [0.4, 0.5) is 84.7 Å². The molecule has 0 radical (unpaired) electrons. The molecular weight excluding hydrogens is 562 g/mol. The molecule has 36 heavy (non-hydrogen) atoms. The Morgan fingerprint density at radius 2 is 1.08 bits per heavy atom. The van der Waals surface area contributed by atoms with E-state index < -0.39 is 70.8 Å². The normalized spacial score (nSPS) is 15.2. The Morgan fingerprint density at radius 1 is 0.667 bits per heavy atom. The van der Waals surface area contributed by atoms with Gasteiger partial charge in [0.1, 0.15) is 11.5 Å². The Bertz CT molecular complexity index is 1010. The molecule has 1 rings (SSSR count). The van der Waals surface area contributed by atoms with Crippen molar-refractivity contribution in [3.63, 3.8) is 0 Å². The summed E-state index contributed by atoms with van der Waals surface area (Å²) in [6.45, 7) is 1.74. The summed E-state index contributed by atoms with van der Waals surface area (Å²) in [6, 6.07) is -0.0719. The van der Waals surface area contributed by atoms with Crippen LogP contribution < -0.4 is 5.32 Å². The molecule has 0 heterocycles. The lowest BCUT2D eigenvalue weighted by molar-refractivity contribution is -0.345. The minimum atomic E-state index is -7.45. The summed E-state index contributed by atoms with van der Waals surface area (Å²) in [5, 5.41) is -0.130. The third kappa shape index (κ3) is 5.30. The van der Waals surface area contributed by atoms with Crippen LogP contribution in [0.5, 0.6) is 0 Å². The standard InChI is InChI=1S/C16H6F18N2/c1-5(10(18,19)13(25,26)15(29,30)31)35-9(11(20,21)14(27,28)16(32,33)34)36-8-6(12(22,23)24)3-2-4-7(8)17/h2-4H,1H2,(H,35,36). The van der Waals surface area contributed by atoms with Gasteiger partial charge in [-0.2, -0.15) is 74.6 Å². The zero-order valence-electron chi connectivity index (χ0n) is 16.2. The van der Waals surface area contributed by atoms with Gasteiger partial charge in [0.05, 0.1) is 11.3 Å². The molecule has 20 heteroatoms. The van der Waals surface area contributed by atoms with E-state index in [9.17, 15) is 79.0 Å². The minimum Gasteiger partial charge on any atom is -0.337 e. The van der Waals surface area contributed by atoms with Gasteiger partial charge in [0, 0.05) is 0 Å². The highest BCUT2D eigenvalue weighted by atomic mass is 19.4. The van der Waals surface area contributed by atoms with Crippen molar-refractivity contribution < 1.29 is 79.0 Å². The van der Waals surface area contributed by atoms with Crippen LogP contribution in [-0.4, -0.2) is 41.9 Å². The average molecular weight is 568 g/mol. The van der Waals surface area contributed by atoms with Crippen LogP contribution in [0, 0.1) is 5.82 Å². The first-order valence-electron chi connectivity index (χ1n) is 8.20. The highest BCUT2D eigenvalue weighted by Crippen LogP contribution is 2.51. The molecular formula is C16H6F18N2. The first-order chi connectivity index (χ1) is 15.6. The van der Waals surface area contributed by atoms with E-state index in [1.807, 2.05) is 4.99 Å². The fraction of sp³-hybridized carbons (Fsp3) is 0.438. The Hall–Kier alpha value is -2.83. The highest BCUT2D eigenvalue weighted by molar-refractivity contribution is 5.94. The van der Waals surface area contributed by atoms with Crippen molar-refractivity contribution in [3.8, 4) is 0 Å². The number of benzene rings is 1. The van der Waals surface area contributed by atoms with Crippen LogP contribution in [0.25, 0.3) is 0 Å². The van der Waals surface area contributed by atoms with Crippen molar-refractivity contribution in [2.75, 3.05) is 0 Å². The third-order valence-electron chi connectivity index (χ3n) is 3.96. The van der Waals surface area contributed by atoms with Crippen LogP contribution in [0.15, 0.2) is 35.5 Å². The zero-order valence-corrected chi connectivity index (χ0v) is 16.2. The van der Waals surface area contributed by atoms with E-state index in [0.717, 1.165) is 0 Å². The third-order valence-corrected chi connectivity index (χ3v) is 3.96. The van der Waals surface area contributed by atoms with E-state index in [4.69, 9.17) is 0 Å². The smallest absolute Gasteiger partial charge is 0.337 e. The van der Waals surface area contributed by atoms with Crippen LogP contribution in [0.3, 0.4) is 0 Å². The number of allylic oxidation sites excluding steroid dienone is 1. The molecule has 1 aromatic rings. The second-order valence-electron chi connectivity index (χ2n) is 6.49. The van der Waals surface area contributed by atoms with Gasteiger partial charge in [-0.05, 0) is 12.1 Å². The number of hydrogen-bond donors (Lipinski definition) is 1. The predicted molar refractivity (Wildman–Crippen MR) is 82.7 cm³/mol. The van der Waals surface area contributed by atoms with Gasteiger partial charge in [-0.15, -0.1) is 0 Å². The van der Waals surface area contributed by atoms with Crippen molar-refractivity contribution in [2.45, 2.75) is 42.2 Å². The fourth-order valence-corrected chi connectivity index (χ4v) is 2.06. The van der Waals surface area contributed by atoms with E-state index >= 15 is 0 Å². The van der Waals surface area contributed by atoms with Gasteiger partial charge in [-0.1, -0.05) is 12.6 Å². The molecule has 2 nitrogen and oxygen atoms in total. The van der Waals surface area contributed by atoms with Gasteiger partial charge in [0.25, 0.3) is 0 Å². The van der Waals surface area contributed by atoms with Crippen LogP contribution in [-0.2, 0) is 6.18 Å². The number of amidine groups is 1. The molecule has 0 aliphatic carbocycles. The molecule has 0 amide bonds. The molecule has 0 atom stereocenters. The van der Waals surface area contributed by atoms with Crippen LogP contribution >= 0.6 is 0 Å². The van der Waals surface area contributed by atoms with E-state index in [2.05, 4.69) is 0 Å². The molecule has 0 saturated heterocycles. The molecule has 0 aliphatic rings. The number of rotatable bonds is 6. The first kappa shape index (κ1) is 31.2. The second-order valence-corrected chi connectivity index (χ2v) is 6.49. The highest BCUT2D eigenvalue weighted by Gasteiger charge is 2.77. The summed E-state index contributed by atoms with van der Waals surface area (Å²) in [6.07, 6.45) is -20.4. The molecule has 0 unspecified atom stereocenters. The Labute approximate surface area is 186 Å². The largest absolute Gasteiger partial charge is 0.460 e. The summed E-state index contributed by atoms with van der Waals surface area (Å²) < 4.78 is 236. The topological polar surface area (TPSA) is 24.4 Å². The van der Waals surface area contributed by atoms with Gasteiger partial charge in [0.2, 0.25) is 0 Å². The molecule has 0 fully saturated rings. The Kier molecular flexibility index (Phi) is 7.74. The number of hydrogen-bond acceptors (Lipinski definition) is 1. The molecule has 0 spiro atoms. The molecule has 0 saturated carbocycles. The number of nitrogens with one attached hydrogen (secondary N) is 1. The number of alkyl halides is 17. The average Bonchev–Trinajstić information content (AvgIpc) is 2.65. The van der Waals surface area contributed by atoms with E-state index in [1.54, 1.807) is 6.58 Å². The Morgan fingerprint density at radius 3 is 1.47 bits per heavy atom. The maximum Gasteiger partial charge on any atom is 0.460 e. The number of halogens is 18. The summed E-state index contributed by atoms with van der Waals surface area (Å²) in [5.41, 5.74) is -8.40. The van der Waals surface area contributed by atoms with Crippen molar-refractivity contribution in [2.24, 2.45) is 4.99 Å². The maximum absolute atomic E-state index is 14.1. The number of nitrogens with zero attached hydrogens (tertiary/aromatic N) is 1. The van der Waals surface area contributed by atoms with E-state index in [0.29, 0.717) is 0 Å². The molecule has 206 valence electrons. The first-order valence-corrected chi connectivity index (χ1v) is 8.20. The quantitative estimate of drug-likeness (QED) is 0.213. The van der Waals surface area contributed by atoms with Crippen LogP contribution in [0.2, 0.25) is 0 Å². The second kappa shape index (κ2) is 8.93. The molecule has 0 aromatic heterocycles. The lowest BCUT2D eigenvalue weighted by Crippen LogP contribution is -2.61. The van der Waals surface area contributed by atoms with E-state index in [1.165, 1.54) is 0 Å². The summed E-state index contributed by atoms with van der Waals surface area (Å²) in [4.78, 5) is 1.83. The summed E-state index contributed by atoms with van der Waals surface area (Å²) in [7, 11) is 0. The summed E-state index contributed by atoms with van der Waals surface area (Å²) >= 11 is 0.